The van der Waals surface area contributed by atoms with E-state index in [0.29, 0.717) is 5.92 Å². The third kappa shape index (κ3) is 15.0. The summed E-state index contributed by atoms with van der Waals surface area (Å²) in [5.74, 6) is 1.91. The second kappa shape index (κ2) is 20.7. The van der Waals surface area contributed by atoms with Gasteiger partial charge < -0.3 is 9.84 Å². The molecule has 2 heteroatoms. The summed E-state index contributed by atoms with van der Waals surface area (Å²) >= 11 is 0. The molecule has 0 radical (unpaired) electrons. The van der Waals surface area contributed by atoms with Crippen molar-refractivity contribution in [1.29, 1.82) is 0 Å². The van der Waals surface area contributed by atoms with Crippen LogP contribution in [0.5, 0.6) is 0 Å². The molecular weight excluding hydrogens is 452 g/mol. The highest BCUT2D eigenvalue weighted by Gasteiger charge is 2.26. The summed E-state index contributed by atoms with van der Waals surface area (Å²) in [6.45, 7) is 16.6. The molecule has 0 spiro atoms. The highest BCUT2D eigenvalue weighted by Crippen LogP contribution is 2.34. The topological polar surface area (TPSA) is 29.5 Å². The van der Waals surface area contributed by atoms with E-state index in [1.807, 2.05) is 0 Å². The summed E-state index contributed by atoms with van der Waals surface area (Å²) in [5.41, 5.74) is 5.55. The quantitative estimate of drug-likeness (QED) is 0.122. The van der Waals surface area contributed by atoms with Crippen LogP contribution in [0.3, 0.4) is 0 Å². The Balaban J connectivity index is 2.41. The molecule has 0 heterocycles. The van der Waals surface area contributed by atoms with E-state index in [1.54, 1.807) is 11.1 Å². The van der Waals surface area contributed by atoms with Crippen molar-refractivity contribution < 1.29 is 9.84 Å². The summed E-state index contributed by atoms with van der Waals surface area (Å²) in [5, 5.41) is 10.6. The van der Waals surface area contributed by atoms with Crippen molar-refractivity contribution in [2.45, 2.75) is 157 Å². The first-order chi connectivity index (χ1) is 17.8. The van der Waals surface area contributed by atoms with E-state index in [2.05, 4.69) is 66.7 Å². The zero-order valence-electron chi connectivity index (χ0n) is 25.8. The van der Waals surface area contributed by atoms with E-state index in [1.165, 1.54) is 94.6 Å². The third-order valence-electron chi connectivity index (χ3n) is 8.22. The minimum absolute atomic E-state index is 0.145. The van der Waals surface area contributed by atoms with Crippen LogP contribution in [0.4, 0.5) is 0 Å². The molecular formula is C35H62O2. The number of allylic oxidation sites excluding steroid dienone is 5. The van der Waals surface area contributed by atoms with Crippen molar-refractivity contribution in [2.24, 2.45) is 11.8 Å². The zero-order valence-corrected chi connectivity index (χ0v) is 25.8. The fourth-order valence-corrected chi connectivity index (χ4v) is 5.18. The van der Waals surface area contributed by atoms with Gasteiger partial charge in [0.05, 0.1) is 12.7 Å². The SMILES string of the molecule is CCCC/C=C(\C)CC/C=C(\C)CCCC(C)CCC1=CC(O)C(C)C(C)=C1OCCCCCCCC. The summed E-state index contributed by atoms with van der Waals surface area (Å²) in [7, 11) is 0. The summed E-state index contributed by atoms with van der Waals surface area (Å²) in [6.07, 6.45) is 26.4. The molecule has 0 aliphatic heterocycles. The molecule has 2 nitrogen and oxygen atoms in total. The van der Waals surface area contributed by atoms with Crippen LogP contribution in [-0.2, 0) is 4.74 Å². The van der Waals surface area contributed by atoms with E-state index < -0.39 is 0 Å². The molecule has 0 fully saturated rings. The number of rotatable bonds is 21. The molecule has 0 amide bonds. The van der Waals surface area contributed by atoms with Crippen LogP contribution in [0, 0.1) is 11.8 Å². The molecule has 3 unspecified atom stereocenters. The average molecular weight is 515 g/mol. The maximum absolute atomic E-state index is 10.6. The number of aliphatic hydroxyl groups is 1. The van der Waals surface area contributed by atoms with Crippen molar-refractivity contribution in [2.75, 3.05) is 6.61 Å². The Morgan fingerprint density at radius 1 is 0.892 bits per heavy atom. The fourth-order valence-electron chi connectivity index (χ4n) is 5.18. The minimum Gasteiger partial charge on any atom is -0.493 e. The molecule has 37 heavy (non-hydrogen) atoms. The van der Waals surface area contributed by atoms with Gasteiger partial charge in [0, 0.05) is 5.92 Å². The van der Waals surface area contributed by atoms with E-state index in [9.17, 15) is 5.11 Å². The van der Waals surface area contributed by atoms with E-state index in [4.69, 9.17) is 4.74 Å². The van der Waals surface area contributed by atoms with Gasteiger partial charge in [-0.1, -0.05) is 102 Å². The Morgan fingerprint density at radius 3 is 2.27 bits per heavy atom. The van der Waals surface area contributed by atoms with Gasteiger partial charge in [0.15, 0.2) is 0 Å². The number of ether oxygens (including phenoxy) is 1. The second-order valence-electron chi connectivity index (χ2n) is 11.9. The largest absolute Gasteiger partial charge is 0.493 e. The van der Waals surface area contributed by atoms with Gasteiger partial charge >= 0.3 is 0 Å². The van der Waals surface area contributed by atoms with Crippen molar-refractivity contribution in [3.8, 4) is 0 Å². The molecule has 0 saturated heterocycles. The van der Waals surface area contributed by atoms with Crippen LogP contribution in [0.1, 0.15) is 151 Å². The lowest BCUT2D eigenvalue weighted by Crippen LogP contribution is -2.23. The van der Waals surface area contributed by atoms with Crippen LogP contribution >= 0.6 is 0 Å². The van der Waals surface area contributed by atoms with Gasteiger partial charge in [-0.05, 0) is 95.3 Å². The number of hydrogen-bond acceptors (Lipinski definition) is 2. The second-order valence-corrected chi connectivity index (χ2v) is 11.9. The van der Waals surface area contributed by atoms with E-state index in [-0.39, 0.29) is 12.0 Å². The minimum atomic E-state index is -0.385. The fraction of sp³-hybridized carbons (Fsp3) is 0.771. The summed E-state index contributed by atoms with van der Waals surface area (Å²) in [6, 6.07) is 0. The van der Waals surface area contributed by atoms with Gasteiger partial charge in [0.2, 0.25) is 0 Å². The first-order valence-corrected chi connectivity index (χ1v) is 15.8. The van der Waals surface area contributed by atoms with Crippen LogP contribution < -0.4 is 0 Å². The third-order valence-corrected chi connectivity index (χ3v) is 8.22. The lowest BCUT2D eigenvalue weighted by molar-refractivity contribution is 0.154. The molecule has 214 valence electrons. The number of hydrogen-bond donors (Lipinski definition) is 1. The first-order valence-electron chi connectivity index (χ1n) is 15.8. The standard InChI is InChI=1S/C35H62O2/c1-8-10-12-13-14-16-26-37-35-32(7)31(6)34(36)27-33(35)25-24-30(5)23-18-22-29(4)21-17-20-28(3)19-15-11-9-2/h19,21,27,30-31,34,36H,8-18,20,22-26H2,1-7H3/b28-19+,29-21+. The van der Waals surface area contributed by atoms with Crippen molar-refractivity contribution in [3.63, 3.8) is 0 Å². The Morgan fingerprint density at radius 2 is 1.54 bits per heavy atom. The molecule has 0 saturated carbocycles. The monoisotopic (exact) mass is 514 g/mol. The van der Waals surface area contributed by atoms with Gasteiger partial charge in [-0.25, -0.2) is 0 Å². The van der Waals surface area contributed by atoms with Gasteiger partial charge in [0.25, 0.3) is 0 Å². The Labute approximate surface area is 231 Å². The normalized spacial score (nSPS) is 19.8. The lowest BCUT2D eigenvalue weighted by Gasteiger charge is -2.29. The van der Waals surface area contributed by atoms with Crippen LogP contribution in [0.15, 0.2) is 46.3 Å². The van der Waals surface area contributed by atoms with E-state index >= 15 is 0 Å². The Kier molecular flexibility index (Phi) is 18.8. The molecule has 1 aliphatic rings. The first kappa shape index (κ1) is 33.7. The maximum atomic E-state index is 10.6. The maximum Gasteiger partial charge on any atom is 0.121 e. The number of unbranched alkanes of at least 4 members (excludes halogenated alkanes) is 7. The van der Waals surface area contributed by atoms with Crippen LogP contribution in [0.25, 0.3) is 0 Å². The predicted molar refractivity (Wildman–Crippen MR) is 164 cm³/mol. The van der Waals surface area contributed by atoms with Crippen LogP contribution in [-0.4, -0.2) is 17.8 Å². The molecule has 1 rings (SSSR count). The Bertz CT molecular complexity index is 724. The van der Waals surface area contributed by atoms with Crippen molar-refractivity contribution in [3.05, 3.63) is 46.3 Å². The van der Waals surface area contributed by atoms with Crippen molar-refractivity contribution in [1.82, 2.24) is 0 Å². The molecule has 3 atom stereocenters. The summed E-state index contributed by atoms with van der Waals surface area (Å²) in [4.78, 5) is 0. The smallest absolute Gasteiger partial charge is 0.121 e. The molecule has 1 aliphatic carbocycles. The predicted octanol–water partition coefficient (Wildman–Crippen LogP) is 11.0. The van der Waals surface area contributed by atoms with E-state index in [0.717, 1.165) is 31.6 Å². The molecule has 1 N–H and O–H groups in total. The zero-order chi connectivity index (χ0) is 27.5. The van der Waals surface area contributed by atoms with Gasteiger partial charge in [-0.15, -0.1) is 0 Å². The molecule has 0 aromatic carbocycles. The highest BCUT2D eigenvalue weighted by molar-refractivity contribution is 5.37. The summed E-state index contributed by atoms with van der Waals surface area (Å²) < 4.78 is 6.35. The number of aliphatic hydroxyl groups excluding tert-OH is 1. The molecule has 0 aromatic rings. The van der Waals surface area contributed by atoms with Gasteiger partial charge in [-0.2, -0.15) is 0 Å². The van der Waals surface area contributed by atoms with Gasteiger partial charge in [0.1, 0.15) is 5.76 Å². The average Bonchev–Trinajstić information content (AvgIpc) is 2.87. The van der Waals surface area contributed by atoms with Crippen molar-refractivity contribution >= 4 is 0 Å². The highest BCUT2D eigenvalue weighted by atomic mass is 16.5. The molecule has 0 aromatic heterocycles. The van der Waals surface area contributed by atoms with Gasteiger partial charge in [-0.3, -0.25) is 0 Å². The van der Waals surface area contributed by atoms with Crippen LogP contribution in [0.2, 0.25) is 0 Å². The Hall–Kier alpha value is -1.28. The lowest BCUT2D eigenvalue weighted by atomic mass is 9.84. The molecule has 0 bridgehead atoms.